The van der Waals surface area contributed by atoms with Crippen LogP contribution in [-0.2, 0) is 14.8 Å². The SMILES string of the molecule is CCN1CCN(S(=O)(=O)c2cccc(NC(=O)COc3cc(C)ccc3C)c2)CC1. The molecule has 0 spiro atoms. The molecule has 1 aliphatic rings. The number of anilines is 1. The van der Waals surface area contributed by atoms with E-state index in [2.05, 4.69) is 17.1 Å². The van der Waals surface area contributed by atoms with Crippen molar-refractivity contribution in [3.63, 3.8) is 0 Å². The fourth-order valence-electron chi connectivity index (χ4n) is 3.37. The first-order valence-electron chi connectivity index (χ1n) is 10.1. The minimum absolute atomic E-state index is 0.153. The zero-order valence-electron chi connectivity index (χ0n) is 17.7. The van der Waals surface area contributed by atoms with Crippen molar-refractivity contribution in [1.82, 2.24) is 9.21 Å². The minimum atomic E-state index is -3.59. The maximum atomic E-state index is 13.0. The number of amides is 1. The largest absolute Gasteiger partial charge is 0.483 e. The molecule has 1 saturated heterocycles. The summed E-state index contributed by atoms with van der Waals surface area (Å²) in [6.45, 7) is 9.10. The second-order valence-corrected chi connectivity index (χ2v) is 9.41. The number of ether oxygens (including phenoxy) is 1. The Morgan fingerprint density at radius 3 is 2.50 bits per heavy atom. The predicted octanol–water partition coefficient (Wildman–Crippen LogP) is 2.65. The Bertz CT molecular complexity index is 999. The molecule has 0 unspecified atom stereocenters. The zero-order valence-corrected chi connectivity index (χ0v) is 18.5. The van der Waals surface area contributed by atoms with Crippen molar-refractivity contribution in [1.29, 1.82) is 0 Å². The first-order valence-corrected chi connectivity index (χ1v) is 11.6. The Balaban J connectivity index is 1.63. The third-order valence-corrected chi connectivity index (χ3v) is 7.13. The molecule has 1 heterocycles. The molecule has 0 bridgehead atoms. The molecule has 3 rings (SSSR count). The summed E-state index contributed by atoms with van der Waals surface area (Å²) in [5, 5.41) is 2.72. The molecule has 0 aliphatic carbocycles. The first-order chi connectivity index (χ1) is 14.3. The number of carbonyl (C=O) groups is 1. The summed E-state index contributed by atoms with van der Waals surface area (Å²) in [7, 11) is -3.59. The highest BCUT2D eigenvalue weighted by molar-refractivity contribution is 7.89. The number of nitrogens with zero attached hydrogens (tertiary/aromatic N) is 2. The minimum Gasteiger partial charge on any atom is -0.483 e. The molecule has 7 nitrogen and oxygen atoms in total. The standard InChI is InChI=1S/C22H29N3O4S/c1-4-24-10-12-25(13-11-24)30(27,28)20-7-5-6-19(15-20)23-22(26)16-29-21-14-17(2)8-9-18(21)3/h5-9,14-15H,4,10-13,16H2,1-3H3,(H,23,26). The highest BCUT2D eigenvalue weighted by atomic mass is 32.2. The van der Waals surface area contributed by atoms with Crippen LogP contribution < -0.4 is 10.1 Å². The van der Waals surface area contributed by atoms with Crippen LogP contribution >= 0.6 is 0 Å². The molecule has 1 N–H and O–H groups in total. The molecule has 0 radical (unpaired) electrons. The molecule has 2 aromatic rings. The van der Waals surface area contributed by atoms with Gasteiger partial charge in [0, 0.05) is 31.9 Å². The molecule has 0 aromatic heterocycles. The highest BCUT2D eigenvalue weighted by Crippen LogP contribution is 2.22. The molecule has 162 valence electrons. The van der Waals surface area contributed by atoms with E-state index in [4.69, 9.17) is 4.74 Å². The normalized spacial score (nSPS) is 15.7. The Morgan fingerprint density at radius 1 is 1.07 bits per heavy atom. The van der Waals surface area contributed by atoms with Crippen LogP contribution in [0.1, 0.15) is 18.1 Å². The molecule has 0 atom stereocenters. The van der Waals surface area contributed by atoms with E-state index in [-0.39, 0.29) is 17.4 Å². The van der Waals surface area contributed by atoms with Crippen molar-refractivity contribution in [3.05, 3.63) is 53.6 Å². The number of nitrogens with one attached hydrogen (secondary N) is 1. The number of benzene rings is 2. The molecular weight excluding hydrogens is 402 g/mol. The Labute approximate surface area is 178 Å². The lowest BCUT2D eigenvalue weighted by Crippen LogP contribution is -2.48. The fourth-order valence-corrected chi connectivity index (χ4v) is 4.84. The van der Waals surface area contributed by atoms with Gasteiger partial charge in [-0.2, -0.15) is 4.31 Å². The van der Waals surface area contributed by atoms with E-state index in [0.29, 0.717) is 24.5 Å². The maximum absolute atomic E-state index is 13.0. The predicted molar refractivity (Wildman–Crippen MR) is 117 cm³/mol. The lowest BCUT2D eigenvalue weighted by Gasteiger charge is -2.33. The molecule has 30 heavy (non-hydrogen) atoms. The average molecular weight is 432 g/mol. The van der Waals surface area contributed by atoms with Gasteiger partial charge in [0.15, 0.2) is 6.61 Å². The average Bonchev–Trinajstić information content (AvgIpc) is 2.74. The van der Waals surface area contributed by atoms with E-state index in [9.17, 15) is 13.2 Å². The van der Waals surface area contributed by atoms with E-state index in [1.807, 2.05) is 32.0 Å². The molecular formula is C22H29N3O4S. The summed E-state index contributed by atoms with van der Waals surface area (Å²) < 4.78 is 33.1. The van der Waals surface area contributed by atoms with Crippen LogP contribution in [0.25, 0.3) is 0 Å². The third-order valence-electron chi connectivity index (χ3n) is 5.24. The number of hydrogen-bond acceptors (Lipinski definition) is 5. The van der Waals surface area contributed by atoms with Crippen LogP contribution in [0.15, 0.2) is 47.4 Å². The van der Waals surface area contributed by atoms with Crippen LogP contribution in [0, 0.1) is 13.8 Å². The highest BCUT2D eigenvalue weighted by Gasteiger charge is 2.28. The Morgan fingerprint density at radius 2 is 1.80 bits per heavy atom. The van der Waals surface area contributed by atoms with Gasteiger partial charge in [-0.1, -0.05) is 25.1 Å². The van der Waals surface area contributed by atoms with Gasteiger partial charge in [-0.05, 0) is 55.8 Å². The van der Waals surface area contributed by atoms with Gasteiger partial charge in [-0.25, -0.2) is 8.42 Å². The van der Waals surface area contributed by atoms with Gasteiger partial charge in [0.05, 0.1) is 4.90 Å². The van der Waals surface area contributed by atoms with Crippen LogP contribution in [-0.4, -0.2) is 62.9 Å². The van der Waals surface area contributed by atoms with Gasteiger partial charge in [-0.15, -0.1) is 0 Å². The van der Waals surface area contributed by atoms with Crippen molar-refractivity contribution in [2.45, 2.75) is 25.7 Å². The smallest absolute Gasteiger partial charge is 0.262 e. The van der Waals surface area contributed by atoms with E-state index in [1.165, 1.54) is 10.4 Å². The van der Waals surface area contributed by atoms with E-state index >= 15 is 0 Å². The number of rotatable bonds is 7. The monoisotopic (exact) mass is 431 g/mol. The number of carbonyl (C=O) groups excluding carboxylic acids is 1. The lowest BCUT2D eigenvalue weighted by atomic mass is 10.1. The van der Waals surface area contributed by atoms with Crippen LogP contribution in [0.5, 0.6) is 5.75 Å². The number of hydrogen-bond donors (Lipinski definition) is 1. The summed E-state index contributed by atoms with van der Waals surface area (Å²) in [5.41, 5.74) is 2.43. The van der Waals surface area contributed by atoms with Gasteiger partial charge in [0.2, 0.25) is 10.0 Å². The van der Waals surface area contributed by atoms with E-state index < -0.39 is 10.0 Å². The van der Waals surface area contributed by atoms with Crippen molar-refractivity contribution >= 4 is 21.6 Å². The van der Waals surface area contributed by atoms with Gasteiger partial charge in [-0.3, -0.25) is 4.79 Å². The number of aryl methyl sites for hydroxylation is 2. The molecule has 1 amide bonds. The van der Waals surface area contributed by atoms with Crippen molar-refractivity contribution in [3.8, 4) is 5.75 Å². The van der Waals surface area contributed by atoms with Gasteiger partial charge >= 0.3 is 0 Å². The van der Waals surface area contributed by atoms with Crippen molar-refractivity contribution in [2.75, 3.05) is 44.6 Å². The molecule has 8 heteroatoms. The van der Waals surface area contributed by atoms with E-state index in [0.717, 1.165) is 30.8 Å². The summed E-state index contributed by atoms with van der Waals surface area (Å²) in [6.07, 6.45) is 0. The van der Waals surface area contributed by atoms with Gasteiger partial charge < -0.3 is 15.0 Å². The Hall–Kier alpha value is -2.42. The quantitative estimate of drug-likeness (QED) is 0.729. The first kappa shape index (κ1) is 22.3. The topological polar surface area (TPSA) is 79.0 Å². The number of sulfonamides is 1. The van der Waals surface area contributed by atoms with Crippen LogP contribution in [0.4, 0.5) is 5.69 Å². The Kier molecular flexibility index (Phi) is 7.12. The van der Waals surface area contributed by atoms with Crippen molar-refractivity contribution in [2.24, 2.45) is 0 Å². The maximum Gasteiger partial charge on any atom is 0.262 e. The van der Waals surface area contributed by atoms with Gasteiger partial charge in [0.25, 0.3) is 5.91 Å². The van der Waals surface area contributed by atoms with Crippen LogP contribution in [0.2, 0.25) is 0 Å². The van der Waals surface area contributed by atoms with Crippen molar-refractivity contribution < 1.29 is 17.9 Å². The second kappa shape index (κ2) is 9.59. The summed E-state index contributed by atoms with van der Waals surface area (Å²) in [4.78, 5) is 14.7. The molecule has 0 saturated carbocycles. The third kappa shape index (κ3) is 5.38. The number of piperazine rings is 1. The number of likely N-dealkylation sites (N-methyl/N-ethyl adjacent to an activating group) is 1. The molecule has 1 fully saturated rings. The lowest BCUT2D eigenvalue weighted by molar-refractivity contribution is -0.118. The summed E-state index contributed by atoms with van der Waals surface area (Å²) in [6, 6.07) is 12.2. The van der Waals surface area contributed by atoms with Crippen LogP contribution in [0.3, 0.4) is 0 Å². The van der Waals surface area contributed by atoms with E-state index in [1.54, 1.807) is 18.2 Å². The van der Waals surface area contributed by atoms with Gasteiger partial charge in [0.1, 0.15) is 5.75 Å². The second-order valence-electron chi connectivity index (χ2n) is 7.47. The molecule has 1 aliphatic heterocycles. The zero-order chi connectivity index (χ0) is 21.7. The molecule has 2 aromatic carbocycles. The summed E-state index contributed by atoms with van der Waals surface area (Å²) in [5.74, 6) is 0.315. The summed E-state index contributed by atoms with van der Waals surface area (Å²) >= 11 is 0. The fraction of sp³-hybridized carbons (Fsp3) is 0.409.